The summed E-state index contributed by atoms with van der Waals surface area (Å²) >= 11 is 6.37. The first-order valence-electron chi connectivity index (χ1n) is 7.18. The second-order valence-electron chi connectivity index (χ2n) is 5.61. The summed E-state index contributed by atoms with van der Waals surface area (Å²) in [4.78, 5) is 2.35. The Morgan fingerprint density at radius 1 is 1.21 bits per heavy atom. The van der Waals surface area contributed by atoms with Gasteiger partial charge in [-0.3, -0.25) is 0 Å². The molecule has 3 rings (SSSR count). The van der Waals surface area contributed by atoms with Crippen LogP contribution in [0.4, 0.5) is 5.69 Å². The predicted molar refractivity (Wildman–Crippen MR) is 78.8 cm³/mol. The van der Waals surface area contributed by atoms with E-state index < -0.39 is 0 Å². The Morgan fingerprint density at radius 2 is 1.95 bits per heavy atom. The van der Waals surface area contributed by atoms with Gasteiger partial charge in [0.1, 0.15) is 0 Å². The Balaban J connectivity index is 1.76. The van der Waals surface area contributed by atoms with Crippen LogP contribution in [0.3, 0.4) is 0 Å². The highest BCUT2D eigenvalue weighted by Gasteiger charge is 2.23. The van der Waals surface area contributed by atoms with Crippen molar-refractivity contribution < 1.29 is 5.11 Å². The lowest BCUT2D eigenvalue weighted by Gasteiger charge is -2.33. The second-order valence-corrected chi connectivity index (χ2v) is 6.02. The van der Waals surface area contributed by atoms with Crippen molar-refractivity contribution in [3.05, 3.63) is 28.8 Å². The van der Waals surface area contributed by atoms with Crippen LogP contribution in [0.5, 0.6) is 0 Å². The van der Waals surface area contributed by atoms with Crippen LogP contribution >= 0.6 is 11.6 Å². The fourth-order valence-electron chi connectivity index (χ4n) is 2.66. The number of nitrogens with zero attached hydrogens (tertiary/aromatic N) is 1. The first kappa shape index (κ1) is 13.2. The Labute approximate surface area is 119 Å². The van der Waals surface area contributed by atoms with E-state index in [9.17, 15) is 5.11 Å². The highest BCUT2D eigenvalue weighted by atomic mass is 35.5. The van der Waals surface area contributed by atoms with Crippen LogP contribution in [0.25, 0.3) is 0 Å². The quantitative estimate of drug-likeness (QED) is 0.890. The maximum Gasteiger partial charge on any atom is 0.0574 e. The maximum absolute atomic E-state index is 9.62. The fraction of sp³-hybridized carbons (Fsp3) is 0.600. The third kappa shape index (κ3) is 3.22. The number of piperidine rings is 1. The van der Waals surface area contributed by atoms with Gasteiger partial charge < -0.3 is 15.3 Å². The van der Waals surface area contributed by atoms with E-state index in [0.29, 0.717) is 6.04 Å². The van der Waals surface area contributed by atoms with E-state index in [2.05, 4.69) is 16.3 Å². The van der Waals surface area contributed by atoms with Crippen LogP contribution in [0, 0.1) is 0 Å². The van der Waals surface area contributed by atoms with Crippen molar-refractivity contribution >= 4 is 17.3 Å². The molecule has 2 fully saturated rings. The van der Waals surface area contributed by atoms with E-state index in [1.165, 1.54) is 24.1 Å². The fourth-order valence-corrected chi connectivity index (χ4v) is 2.90. The molecule has 1 heterocycles. The molecule has 0 atom stereocenters. The molecule has 2 aliphatic rings. The standard InChI is InChI=1S/C15H21ClN2O/c16-14-2-1-3-15(13(14)10-17-11-4-5-11)18-8-6-12(19)7-9-18/h1-3,11-12,17,19H,4-10H2. The number of aliphatic hydroxyl groups excluding tert-OH is 1. The van der Waals surface area contributed by atoms with Crippen molar-refractivity contribution in [1.82, 2.24) is 5.32 Å². The average Bonchev–Trinajstić information content (AvgIpc) is 3.22. The molecule has 1 aromatic carbocycles. The molecule has 19 heavy (non-hydrogen) atoms. The Hall–Kier alpha value is -0.770. The van der Waals surface area contributed by atoms with Crippen LogP contribution in [-0.2, 0) is 6.54 Å². The molecule has 0 unspecified atom stereocenters. The van der Waals surface area contributed by atoms with Crippen LogP contribution in [0.2, 0.25) is 5.02 Å². The van der Waals surface area contributed by atoms with Gasteiger partial charge in [-0.2, -0.15) is 0 Å². The largest absolute Gasteiger partial charge is 0.393 e. The maximum atomic E-state index is 9.62. The van der Waals surface area contributed by atoms with Crippen LogP contribution in [-0.4, -0.2) is 30.3 Å². The van der Waals surface area contributed by atoms with E-state index in [4.69, 9.17) is 11.6 Å². The van der Waals surface area contributed by atoms with Crippen molar-refractivity contribution in [2.75, 3.05) is 18.0 Å². The van der Waals surface area contributed by atoms with Gasteiger partial charge in [-0.05, 0) is 37.8 Å². The molecule has 1 aliphatic heterocycles. The van der Waals surface area contributed by atoms with Crippen molar-refractivity contribution in [3.8, 4) is 0 Å². The van der Waals surface area contributed by atoms with E-state index in [-0.39, 0.29) is 6.10 Å². The molecule has 1 saturated heterocycles. The number of aliphatic hydroxyl groups is 1. The SMILES string of the molecule is OC1CCN(c2cccc(Cl)c2CNC2CC2)CC1. The van der Waals surface area contributed by atoms with Gasteiger partial charge in [-0.15, -0.1) is 0 Å². The highest BCUT2D eigenvalue weighted by molar-refractivity contribution is 6.31. The third-order valence-corrected chi connectivity index (χ3v) is 4.40. The van der Waals surface area contributed by atoms with E-state index in [1.807, 2.05) is 12.1 Å². The number of halogens is 1. The Kier molecular flexibility index (Phi) is 3.96. The van der Waals surface area contributed by atoms with Gasteiger partial charge in [0.15, 0.2) is 0 Å². The normalized spacial score (nSPS) is 20.8. The van der Waals surface area contributed by atoms with E-state index in [0.717, 1.165) is 37.5 Å². The van der Waals surface area contributed by atoms with Gasteiger partial charge >= 0.3 is 0 Å². The topological polar surface area (TPSA) is 35.5 Å². The lowest BCUT2D eigenvalue weighted by Crippen LogP contribution is -2.36. The molecule has 104 valence electrons. The van der Waals surface area contributed by atoms with Gasteiger partial charge in [0, 0.05) is 41.9 Å². The minimum atomic E-state index is -0.136. The zero-order valence-corrected chi connectivity index (χ0v) is 11.9. The first-order chi connectivity index (χ1) is 9.24. The van der Waals surface area contributed by atoms with E-state index in [1.54, 1.807) is 0 Å². The molecule has 2 N–H and O–H groups in total. The summed E-state index contributed by atoms with van der Waals surface area (Å²) in [7, 11) is 0. The number of anilines is 1. The zero-order valence-electron chi connectivity index (χ0n) is 11.1. The summed E-state index contributed by atoms with van der Waals surface area (Å²) in [5, 5.41) is 14.0. The van der Waals surface area contributed by atoms with Crippen LogP contribution in [0.1, 0.15) is 31.2 Å². The monoisotopic (exact) mass is 280 g/mol. The van der Waals surface area contributed by atoms with Gasteiger partial charge in [0.2, 0.25) is 0 Å². The van der Waals surface area contributed by atoms with Crippen LogP contribution < -0.4 is 10.2 Å². The smallest absolute Gasteiger partial charge is 0.0574 e. The minimum absolute atomic E-state index is 0.136. The van der Waals surface area contributed by atoms with Gasteiger partial charge in [-0.25, -0.2) is 0 Å². The van der Waals surface area contributed by atoms with Crippen LogP contribution in [0.15, 0.2) is 18.2 Å². The number of benzene rings is 1. The third-order valence-electron chi connectivity index (χ3n) is 4.04. The van der Waals surface area contributed by atoms with E-state index >= 15 is 0 Å². The lowest BCUT2D eigenvalue weighted by atomic mass is 10.0. The van der Waals surface area contributed by atoms with Crippen molar-refractivity contribution in [1.29, 1.82) is 0 Å². The molecule has 3 nitrogen and oxygen atoms in total. The van der Waals surface area contributed by atoms with Gasteiger partial charge in [0.25, 0.3) is 0 Å². The molecule has 0 radical (unpaired) electrons. The van der Waals surface area contributed by atoms with Crippen molar-refractivity contribution in [2.24, 2.45) is 0 Å². The summed E-state index contributed by atoms with van der Waals surface area (Å²) in [6, 6.07) is 6.82. The second kappa shape index (κ2) is 5.70. The highest BCUT2D eigenvalue weighted by Crippen LogP contribution is 2.30. The molecule has 4 heteroatoms. The molecule has 1 aromatic rings. The lowest BCUT2D eigenvalue weighted by molar-refractivity contribution is 0.145. The molecular weight excluding hydrogens is 260 g/mol. The molecule has 0 spiro atoms. The number of hydrogen-bond acceptors (Lipinski definition) is 3. The van der Waals surface area contributed by atoms with Crippen molar-refractivity contribution in [3.63, 3.8) is 0 Å². The molecule has 1 saturated carbocycles. The predicted octanol–water partition coefficient (Wildman–Crippen LogP) is 2.55. The number of rotatable bonds is 4. The Bertz CT molecular complexity index is 440. The van der Waals surface area contributed by atoms with Crippen molar-refractivity contribution in [2.45, 2.75) is 44.4 Å². The van der Waals surface area contributed by atoms with Gasteiger partial charge in [0.05, 0.1) is 6.10 Å². The first-order valence-corrected chi connectivity index (χ1v) is 7.55. The molecular formula is C15H21ClN2O. The van der Waals surface area contributed by atoms with Gasteiger partial charge in [-0.1, -0.05) is 17.7 Å². The summed E-state index contributed by atoms with van der Waals surface area (Å²) < 4.78 is 0. The number of hydrogen-bond donors (Lipinski definition) is 2. The average molecular weight is 281 g/mol. The molecule has 0 amide bonds. The minimum Gasteiger partial charge on any atom is -0.393 e. The summed E-state index contributed by atoms with van der Waals surface area (Å²) in [5.41, 5.74) is 2.43. The zero-order chi connectivity index (χ0) is 13.2. The molecule has 0 bridgehead atoms. The summed E-state index contributed by atoms with van der Waals surface area (Å²) in [6.45, 7) is 2.68. The molecule has 1 aliphatic carbocycles. The number of nitrogens with one attached hydrogen (secondary N) is 1. The summed E-state index contributed by atoms with van der Waals surface area (Å²) in [5.74, 6) is 0. The Morgan fingerprint density at radius 3 is 2.63 bits per heavy atom. The molecule has 0 aromatic heterocycles. The summed E-state index contributed by atoms with van der Waals surface area (Å²) in [6.07, 6.45) is 4.14.